The molecule has 0 unspecified atom stereocenters. The molecule has 0 heterocycles. The summed E-state index contributed by atoms with van der Waals surface area (Å²) < 4.78 is 5.72. The van der Waals surface area contributed by atoms with Gasteiger partial charge in [0.15, 0.2) is 0 Å². The van der Waals surface area contributed by atoms with E-state index >= 15 is 0 Å². The second-order valence-corrected chi connectivity index (χ2v) is 5.21. The molecular formula is C15H18BrNO3. The molecular weight excluding hydrogens is 322 g/mol. The normalized spacial score (nSPS) is 10.6. The summed E-state index contributed by atoms with van der Waals surface area (Å²) in [6, 6.07) is 5.87. The molecule has 108 valence electrons. The third-order valence-electron chi connectivity index (χ3n) is 2.61. The van der Waals surface area contributed by atoms with E-state index in [0.717, 1.165) is 15.6 Å². The first-order valence-electron chi connectivity index (χ1n) is 6.29. The lowest BCUT2D eigenvalue weighted by Gasteiger charge is -2.13. The number of aryl methyl sites for hydroxylation is 1. The van der Waals surface area contributed by atoms with Crippen molar-refractivity contribution in [2.24, 2.45) is 0 Å². The van der Waals surface area contributed by atoms with Crippen molar-refractivity contribution >= 4 is 33.9 Å². The minimum Gasteiger partial charge on any atom is -0.465 e. The summed E-state index contributed by atoms with van der Waals surface area (Å²) in [6.07, 6.45) is 3.15. The van der Waals surface area contributed by atoms with Crippen LogP contribution in [0.25, 0.3) is 6.08 Å². The predicted octanol–water partition coefficient (Wildman–Crippen LogP) is 2.79. The number of amides is 1. The van der Waals surface area contributed by atoms with E-state index in [9.17, 15) is 9.59 Å². The Hall–Kier alpha value is -1.62. The highest BCUT2D eigenvalue weighted by atomic mass is 79.9. The molecule has 0 aliphatic heterocycles. The van der Waals surface area contributed by atoms with Crippen LogP contribution < -0.4 is 0 Å². The Bertz CT molecular complexity index is 526. The standard InChI is InChI=1S/C15H18BrNO3/c1-4-20-15(19)10-17(3)14(18)8-7-12-6-5-11(2)9-13(12)16/h5-9H,4,10H2,1-3H3. The van der Waals surface area contributed by atoms with Crippen molar-refractivity contribution in [2.45, 2.75) is 13.8 Å². The molecule has 1 amide bonds. The van der Waals surface area contributed by atoms with E-state index in [1.165, 1.54) is 11.0 Å². The highest BCUT2D eigenvalue weighted by Crippen LogP contribution is 2.19. The minimum absolute atomic E-state index is 0.0495. The Morgan fingerprint density at radius 1 is 1.40 bits per heavy atom. The first-order valence-corrected chi connectivity index (χ1v) is 7.08. The average Bonchev–Trinajstić information content (AvgIpc) is 2.37. The van der Waals surface area contributed by atoms with Gasteiger partial charge in [-0.05, 0) is 37.1 Å². The van der Waals surface area contributed by atoms with Crippen LogP contribution in [0.4, 0.5) is 0 Å². The first kappa shape index (κ1) is 16.4. The van der Waals surface area contributed by atoms with Crippen molar-refractivity contribution in [3.05, 3.63) is 39.9 Å². The van der Waals surface area contributed by atoms with Crippen LogP contribution in [0.15, 0.2) is 28.7 Å². The van der Waals surface area contributed by atoms with Gasteiger partial charge < -0.3 is 9.64 Å². The Balaban J connectivity index is 2.65. The van der Waals surface area contributed by atoms with E-state index in [0.29, 0.717) is 6.61 Å². The van der Waals surface area contributed by atoms with Gasteiger partial charge in [-0.3, -0.25) is 9.59 Å². The molecule has 4 nitrogen and oxygen atoms in total. The van der Waals surface area contributed by atoms with Crippen LogP contribution in [0.3, 0.4) is 0 Å². The summed E-state index contributed by atoms with van der Waals surface area (Å²) in [4.78, 5) is 24.4. The van der Waals surface area contributed by atoms with Gasteiger partial charge in [0, 0.05) is 17.6 Å². The van der Waals surface area contributed by atoms with Crippen molar-refractivity contribution in [3.63, 3.8) is 0 Å². The van der Waals surface area contributed by atoms with Crippen molar-refractivity contribution in [3.8, 4) is 0 Å². The van der Waals surface area contributed by atoms with Gasteiger partial charge in [0.1, 0.15) is 6.54 Å². The number of benzene rings is 1. The number of rotatable bonds is 5. The van der Waals surface area contributed by atoms with Gasteiger partial charge in [-0.25, -0.2) is 0 Å². The third-order valence-corrected chi connectivity index (χ3v) is 3.30. The fraction of sp³-hybridized carbons (Fsp3) is 0.333. The van der Waals surface area contributed by atoms with Crippen LogP contribution in [0.1, 0.15) is 18.1 Å². The molecule has 20 heavy (non-hydrogen) atoms. The van der Waals surface area contributed by atoms with Crippen molar-refractivity contribution in [1.29, 1.82) is 0 Å². The van der Waals surface area contributed by atoms with Crippen molar-refractivity contribution in [2.75, 3.05) is 20.2 Å². The molecule has 0 radical (unpaired) electrons. The van der Waals surface area contributed by atoms with E-state index in [1.807, 2.05) is 25.1 Å². The summed E-state index contributed by atoms with van der Waals surface area (Å²) in [7, 11) is 1.56. The highest BCUT2D eigenvalue weighted by molar-refractivity contribution is 9.10. The van der Waals surface area contributed by atoms with Crippen molar-refractivity contribution in [1.82, 2.24) is 4.90 Å². The number of hydrogen-bond acceptors (Lipinski definition) is 3. The van der Waals surface area contributed by atoms with E-state index in [1.54, 1.807) is 20.0 Å². The summed E-state index contributed by atoms with van der Waals surface area (Å²) in [5, 5.41) is 0. The molecule has 1 aromatic rings. The van der Waals surface area contributed by atoms with Crippen LogP contribution in [0.2, 0.25) is 0 Å². The van der Waals surface area contributed by atoms with Gasteiger partial charge in [-0.1, -0.05) is 28.1 Å². The van der Waals surface area contributed by atoms with Crippen LogP contribution in [0.5, 0.6) is 0 Å². The molecule has 1 aromatic carbocycles. The summed E-state index contributed by atoms with van der Waals surface area (Å²) in [5.41, 5.74) is 2.05. The predicted molar refractivity (Wildman–Crippen MR) is 82.2 cm³/mol. The summed E-state index contributed by atoms with van der Waals surface area (Å²) in [6.45, 7) is 3.99. The lowest BCUT2D eigenvalue weighted by atomic mass is 10.1. The molecule has 0 atom stereocenters. The van der Waals surface area contributed by atoms with Crippen LogP contribution in [-0.2, 0) is 14.3 Å². The maximum absolute atomic E-state index is 11.9. The Morgan fingerprint density at radius 3 is 2.70 bits per heavy atom. The summed E-state index contributed by atoms with van der Waals surface area (Å²) >= 11 is 3.44. The number of likely N-dealkylation sites (N-methyl/N-ethyl adjacent to an activating group) is 1. The number of carbonyl (C=O) groups excluding carboxylic acids is 2. The topological polar surface area (TPSA) is 46.6 Å². The average molecular weight is 340 g/mol. The SMILES string of the molecule is CCOC(=O)CN(C)C(=O)C=Cc1ccc(C)cc1Br. The van der Waals surface area contributed by atoms with Gasteiger partial charge in [0.05, 0.1) is 6.61 Å². The lowest BCUT2D eigenvalue weighted by molar-refractivity contribution is -0.146. The molecule has 0 spiro atoms. The van der Waals surface area contributed by atoms with Gasteiger partial charge in [-0.2, -0.15) is 0 Å². The van der Waals surface area contributed by atoms with Crippen LogP contribution in [0, 0.1) is 6.92 Å². The first-order chi connectivity index (χ1) is 9.43. The molecule has 5 heteroatoms. The molecule has 1 rings (SSSR count). The third kappa shape index (κ3) is 5.17. The number of nitrogens with zero attached hydrogens (tertiary/aromatic N) is 1. The largest absolute Gasteiger partial charge is 0.465 e. The number of halogens is 1. The highest BCUT2D eigenvalue weighted by Gasteiger charge is 2.10. The Kier molecular flexibility index (Phi) is 6.45. The number of ether oxygens (including phenoxy) is 1. The second kappa shape index (κ2) is 7.85. The molecule has 0 aliphatic carbocycles. The van der Waals surface area contributed by atoms with Gasteiger partial charge >= 0.3 is 5.97 Å². The van der Waals surface area contributed by atoms with Gasteiger partial charge in [0.2, 0.25) is 5.91 Å². The number of hydrogen-bond donors (Lipinski definition) is 0. The molecule has 0 saturated carbocycles. The summed E-state index contributed by atoms with van der Waals surface area (Å²) in [5.74, 6) is -0.654. The molecule has 0 fully saturated rings. The zero-order valence-electron chi connectivity index (χ0n) is 11.9. The monoisotopic (exact) mass is 339 g/mol. The van der Waals surface area contributed by atoms with E-state index in [4.69, 9.17) is 4.74 Å². The minimum atomic E-state index is -0.409. The van der Waals surface area contributed by atoms with Gasteiger partial charge in [-0.15, -0.1) is 0 Å². The molecule has 0 saturated heterocycles. The molecule has 0 aliphatic rings. The molecule has 0 aromatic heterocycles. The maximum Gasteiger partial charge on any atom is 0.325 e. The fourth-order valence-electron chi connectivity index (χ4n) is 1.53. The van der Waals surface area contributed by atoms with Crippen molar-refractivity contribution < 1.29 is 14.3 Å². The zero-order chi connectivity index (χ0) is 15.1. The molecule has 0 N–H and O–H groups in total. The fourth-order valence-corrected chi connectivity index (χ4v) is 2.16. The van der Waals surface area contributed by atoms with Crippen LogP contribution in [-0.4, -0.2) is 37.0 Å². The number of esters is 1. The lowest BCUT2D eigenvalue weighted by Crippen LogP contribution is -2.31. The van der Waals surface area contributed by atoms with Crippen LogP contribution >= 0.6 is 15.9 Å². The van der Waals surface area contributed by atoms with E-state index < -0.39 is 5.97 Å². The molecule has 0 bridgehead atoms. The zero-order valence-corrected chi connectivity index (χ0v) is 13.4. The van der Waals surface area contributed by atoms with E-state index in [2.05, 4.69) is 15.9 Å². The number of carbonyl (C=O) groups is 2. The quantitative estimate of drug-likeness (QED) is 0.612. The Labute approximate surface area is 127 Å². The Morgan fingerprint density at radius 2 is 2.10 bits per heavy atom. The second-order valence-electron chi connectivity index (χ2n) is 4.36. The maximum atomic E-state index is 11.9. The van der Waals surface area contributed by atoms with Gasteiger partial charge in [0.25, 0.3) is 0 Å². The smallest absolute Gasteiger partial charge is 0.325 e. The van der Waals surface area contributed by atoms with E-state index in [-0.39, 0.29) is 12.5 Å².